The number of hydrogen-bond acceptors (Lipinski definition) is 7. The van der Waals surface area contributed by atoms with Crippen LogP contribution in [0.4, 0.5) is 0 Å². The molecule has 0 saturated heterocycles. The molecule has 4 aromatic rings. The van der Waals surface area contributed by atoms with Gasteiger partial charge in [-0.05, 0) is 82.7 Å². The Kier molecular flexibility index (Phi) is 6.47. The van der Waals surface area contributed by atoms with Crippen molar-refractivity contribution in [3.8, 4) is 23.1 Å². The van der Waals surface area contributed by atoms with E-state index in [-0.39, 0.29) is 18.1 Å². The summed E-state index contributed by atoms with van der Waals surface area (Å²) in [6.45, 7) is 5.83. The fourth-order valence-electron chi connectivity index (χ4n) is 5.10. The molecule has 1 aromatic carbocycles. The monoisotopic (exact) mass is 540 g/mol. The lowest BCUT2D eigenvalue weighted by molar-refractivity contribution is 0.0273. The standard InChI is InChI=1S/C30H32N6O2S/c1-29(2,3)39(38)35-28(21-14-22(37)15-21)24-7-4-6-23(33-24)19-10-11-20-17-32-36(25(20)16-19)27-9-5-8-26(34-27)30(18-31)12-13-30/h4-11,16-17,21-22,28,35,37H,12-15H2,1-3H3/t21?,22?,28-,39+/m0/s1. The van der Waals surface area contributed by atoms with E-state index in [1.807, 2.05) is 80.2 Å². The smallest absolute Gasteiger partial charge is 0.154 e. The second-order valence-electron chi connectivity index (χ2n) is 11.7. The molecular weight excluding hydrogens is 508 g/mol. The Morgan fingerprint density at radius 1 is 1.13 bits per heavy atom. The van der Waals surface area contributed by atoms with Gasteiger partial charge >= 0.3 is 0 Å². The van der Waals surface area contributed by atoms with Crippen LogP contribution >= 0.6 is 0 Å². The molecule has 2 atom stereocenters. The van der Waals surface area contributed by atoms with Gasteiger partial charge in [0.25, 0.3) is 0 Å². The molecule has 0 amide bonds. The van der Waals surface area contributed by atoms with Crippen molar-refractivity contribution < 1.29 is 9.66 Å². The average Bonchev–Trinajstić information content (AvgIpc) is 3.61. The summed E-state index contributed by atoms with van der Waals surface area (Å²) in [5, 5.41) is 25.2. The molecule has 3 aromatic heterocycles. The topological polar surface area (TPSA) is 123 Å². The van der Waals surface area contributed by atoms with Gasteiger partial charge in [0.05, 0.1) is 52.4 Å². The predicted molar refractivity (Wildman–Crippen MR) is 151 cm³/mol. The maximum atomic E-state index is 13.0. The Hall–Kier alpha value is -3.29. The highest BCUT2D eigenvalue weighted by atomic mass is 32.2. The zero-order valence-corrected chi connectivity index (χ0v) is 23.2. The largest absolute Gasteiger partial charge is 0.598 e. The number of pyridine rings is 2. The maximum absolute atomic E-state index is 13.0. The van der Waals surface area contributed by atoms with Crippen LogP contribution < -0.4 is 4.72 Å². The second-order valence-corrected chi connectivity index (χ2v) is 13.7. The summed E-state index contributed by atoms with van der Waals surface area (Å²) >= 11 is -1.27. The van der Waals surface area contributed by atoms with Crippen LogP contribution in [0, 0.1) is 17.2 Å². The summed E-state index contributed by atoms with van der Waals surface area (Å²) in [7, 11) is 0. The fraction of sp³-hybridized carbons (Fsp3) is 0.400. The van der Waals surface area contributed by atoms with Crippen LogP contribution in [0.3, 0.4) is 0 Å². The molecule has 39 heavy (non-hydrogen) atoms. The number of nitrogens with one attached hydrogen (secondary N) is 1. The van der Waals surface area contributed by atoms with Crippen molar-refractivity contribution in [3.63, 3.8) is 0 Å². The normalized spacial score (nSPS) is 21.6. The summed E-state index contributed by atoms with van der Waals surface area (Å²) in [6, 6.07) is 20.0. The highest BCUT2D eigenvalue weighted by Crippen LogP contribution is 2.46. The van der Waals surface area contributed by atoms with Gasteiger partial charge in [-0.1, -0.05) is 24.3 Å². The van der Waals surface area contributed by atoms with Gasteiger partial charge in [-0.25, -0.2) is 9.67 Å². The van der Waals surface area contributed by atoms with E-state index in [4.69, 9.17) is 9.97 Å². The van der Waals surface area contributed by atoms with Crippen molar-refractivity contribution in [3.05, 3.63) is 72.2 Å². The molecule has 2 fully saturated rings. The van der Waals surface area contributed by atoms with Crippen LogP contribution in [-0.2, 0) is 16.8 Å². The molecule has 0 bridgehead atoms. The van der Waals surface area contributed by atoms with E-state index < -0.39 is 21.5 Å². The van der Waals surface area contributed by atoms with E-state index in [2.05, 4.69) is 22.0 Å². The number of nitrogens with zero attached hydrogens (tertiary/aromatic N) is 5. The van der Waals surface area contributed by atoms with Gasteiger partial charge in [0, 0.05) is 22.3 Å². The minimum atomic E-state index is -1.27. The van der Waals surface area contributed by atoms with Crippen molar-refractivity contribution in [1.82, 2.24) is 24.5 Å². The third-order valence-electron chi connectivity index (χ3n) is 7.77. The molecule has 2 saturated carbocycles. The molecule has 0 spiro atoms. The number of benzene rings is 1. The minimum absolute atomic E-state index is 0.166. The third-order valence-corrected chi connectivity index (χ3v) is 9.35. The Bertz CT molecular complexity index is 1560. The van der Waals surface area contributed by atoms with Gasteiger partial charge < -0.3 is 9.66 Å². The number of aliphatic hydroxyl groups excluding tert-OH is 1. The molecule has 9 heteroatoms. The van der Waals surface area contributed by atoms with Crippen molar-refractivity contribution in [2.24, 2.45) is 5.92 Å². The summed E-state index contributed by atoms with van der Waals surface area (Å²) < 4.78 is 17.7. The zero-order valence-electron chi connectivity index (χ0n) is 22.3. The lowest BCUT2D eigenvalue weighted by Gasteiger charge is -2.38. The number of hydrogen-bond donors (Lipinski definition) is 2. The first-order valence-electron chi connectivity index (χ1n) is 13.4. The first-order chi connectivity index (χ1) is 18.7. The lowest BCUT2D eigenvalue weighted by Crippen LogP contribution is -2.46. The molecule has 2 aliphatic rings. The molecular formula is C30H32N6O2S. The molecule has 3 heterocycles. The lowest BCUT2D eigenvalue weighted by atomic mass is 9.76. The Balaban J connectivity index is 1.35. The van der Waals surface area contributed by atoms with Crippen LogP contribution in [-0.4, -0.2) is 40.3 Å². The average molecular weight is 541 g/mol. The minimum Gasteiger partial charge on any atom is -0.598 e. The first-order valence-corrected chi connectivity index (χ1v) is 14.5. The molecule has 0 aliphatic heterocycles. The predicted octanol–water partition coefficient (Wildman–Crippen LogP) is 4.90. The third kappa shape index (κ3) is 4.94. The van der Waals surface area contributed by atoms with Gasteiger partial charge in [0.15, 0.2) is 5.82 Å². The SMILES string of the molecule is CC(C)(C)[S@@+]([O-])N[C@H](c1cccc(-c2ccc3cnn(-c4cccc(C5(C#N)CC5)n4)c3c2)n1)C1CC(O)C1. The number of nitriles is 1. The van der Waals surface area contributed by atoms with Crippen molar-refractivity contribution in [2.75, 3.05) is 0 Å². The summed E-state index contributed by atoms with van der Waals surface area (Å²) in [5.74, 6) is 0.847. The molecule has 0 unspecified atom stereocenters. The van der Waals surface area contributed by atoms with Crippen LogP contribution in [0.15, 0.2) is 60.8 Å². The van der Waals surface area contributed by atoms with Gasteiger partial charge in [-0.3, -0.25) is 4.98 Å². The molecule has 2 N–H and O–H groups in total. The highest BCUT2D eigenvalue weighted by molar-refractivity contribution is 7.90. The van der Waals surface area contributed by atoms with E-state index in [0.29, 0.717) is 18.7 Å². The second kappa shape index (κ2) is 9.72. The summed E-state index contributed by atoms with van der Waals surface area (Å²) in [4.78, 5) is 9.81. The number of rotatable bonds is 7. The number of fused-ring (bicyclic) bond motifs is 1. The van der Waals surface area contributed by atoms with E-state index in [1.165, 1.54) is 0 Å². The van der Waals surface area contributed by atoms with Crippen LogP contribution in [0.1, 0.15) is 63.9 Å². The van der Waals surface area contributed by atoms with Crippen LogP contribution in [0.5, 0.6) is 0 Å². The maximum Gasteiger partial charge on any atom is 0.154 e. The number of aliphatic hydroxyl groups is 1. The van der Waals surface area contributed by atoms with Crippen molar-refractivity contribution in [1.29, 1.82) is 5.26 Å². The Labute approximate surface area is 231 Å². The zero-order chi connectivity index (χ0) is 27.4. The Morgan fingerprint density at radius 3 is 2.59 bits per heavy atom. The molecule has 6 rings (SSSR count). The van der Waals surface area contributed by atoms with E-state index in [9.17, 15) is 14.9 Å². The van der Waals surface area contributed by atoms with Crippen LogP contribution in [0.25, 0.3) is 28.0 Å². The van der Waals surface area contributed by atoms with E-state index >= 15 is 0 Å². The quantitative estimate of drug-likeness (QED) is 0.320. The van der Waals surface area contributed by atoms with Crippen LogP contribution in [0.2, 0.25) is 0 Å². The van der Waals surface area contributed by atoms with Crippen molar-refractivity contribution >= 4 is 22.3 Å². The molecule has 200 valence electrons. The van der Waals surface area contributed by atoms with Gasteiger partial charge in [-0.15, -0.1) is 4.72 Å². The van der Waals surface area contributed by atoms with E-state index in [0.717, 1.165) is 46.4 Å². The van der Waals surface area contributed by atoms with Gasteiger partial charge in [-0.2, -0.15) is 10.4 Å². The molecule has 0 radical (unpaired) electrons. The first kappa shape index (κ1) is 26.0. The highest BCUT2D eigenvalue weighted by Gasteiger charge is 2.46. The van der Waals surface area contributed by atoms with Gasteiger partial charge in [0.2, 0.25) is 0 Å². The van der Waals surface area contributed by atoms with E-state index in [1.54, 1.807) is 0 Å². The number of aromatic nitrogens is 4. The summed E-state index contributed by atoms with van der Waals surface area (Å²) in [5.41, 5.74) is 3.78. The molecule has 2 aliphatic carbocycles. The summed E-state index contributed by atoms with van der Waals surface area (Å²) in [6.07, 6.45) is 4.50. The van der Waals surface area contributed by atoms with Gasteiger partial charge in [0.1, 0.15) is 4.75 Å². The fourth-order valence-corrected chi connectivity index (χ4v) is 5.99. The van der Waals surface area contributed by atoms with Crippen molar-refractivity contribution in [2.45, 2.75) is 68.8 Å². The molecule has 8 nitrogen and oxygen atoms in total. The Morgan fingerprint density at radius 2 is 1.90 bits per heavy atom.